The standard InChI is InChI=1S/C17H23N3O/c1-3-12-7-9-13(10-8-12)16-19-17(21-20-16)15-11(2)5-4-6-14(15)18/h4-6,12-13H,3,7-10,18H2,1-2H3. The molecular weight excluding hydrogens is 262 g/mol. The summed E-state index contributed by atoms with van der Waals surface area (Å²) in [4.78, 5) is 4.62. The maximum atomic E-state index is 6.05. The Morgan fingerprint density at radius 3 is 2.67 bits per heavy atom. The maximum absolute atomic E-state index is 6.05. The van der Waals surface area contributed by atoms with E-state index in [1.807, 2.05) is 25.1 Å². The second-order valence-corrected chi connectivity index (χ2v) is 6.12. The van der Waals surface area contributed by atoms with Crippen LogP contribution in [-0.2, 0) is 0 Å². The number of rotatable bonds is 3. The summed E-state index contributed by atoms with van der Waals surface area (Å²) in [5.41, 5.74) is 8.69. The predicted octanol–water partition coefficient (Wildman–Crippen LogP) is 4.31. The second-order valence-electron chi connectivity index (χ2n) is 6.12. The molecule has 0 atom stereocenters. The Bertz CT molecular complexity index is 592. The Morgan fingerprint density at radius 2 is 2.00 bits per heavy atom. The molecule has 112 valence electrons. The monoisotopic (exact) mass is 285 g/mol. The van der Waals surface area contributed by atoms with Crippen molar-refractivity contribution in [1.82, 2.24) is 10.1 Å². The van der Waals surface area contributed by atoms with Crippen molar-refractivity contribution in [2.24, 2.45) is 5.92 Å². The van der Waals surface area contributed by atoms with Gasteiger partial charge in [0.1, 0.15) is 0 Å². The highest BCUT2D eigenvalue weighted by molar-refractivity contribution is 5.73. The lowest BCUT2D eigenvalue weighted by Gasteiger charge is -2.25. The molecular formula is C17H23N3O. The Labute approximate surface area is 125 Å². The number of hydrogen-bond acceptors (Lipinski definition) is 4. The number of hydrogen-bond donors (Lipinski definition) is 1. The first kappa shape index (κ1) is 14.1. The number of benzene rings is 1. The number of nitrogens with two attached hydrogens (primary N) is 1. The fraction of sp³-hybridized carbons (Fsp3) is 0.529. The highest BCUT2D eigenvalue weighted by Gasteiger charge is 2.25. The van der Waals surface area contributed by atoms with Crippen LogP contribution in [-0.4, -0.2) is 10.1 Å². The zero-order valence-corrected chi connectivity index (χ0v) is 12.8. The fourth-order valence-corrected chi connectivity index (χ4v) is 3.31. The zero-order chi connectivity index (χ0) is 14.8. The lowest BCUT2D eigenvalue weighted by Crippen LogP contribution is -2.13. The van der Waals surface area contributed by atoms with Crippen molar-refractivity contribution in [1.29, 1.82) is 0 Å². The van der Waals surface area contributed by atoms with Crippen LogP contribution in [0.15, 0.2) is 22.7 Å². The maximum Gasteiger partial charge on any atom is 0.260 e. The van der Waals surface area contributed by atoms with Crippen LogP contribution in [0.2, 0.25) is 0 Å². The third-order valence-electron chi connectivity index (χ3n) is 4.75. The summed E-state index contributed by atoms with van der Waals surface area (Å²) >= 11 is 0. The largest absolute Gasteiger partial charge is 0.398 e. The van der Waals surface area contributed by atoms with E-state index in [4.69, 9.17) is 10.3 Å². The molecule has 0 radical (unpaired) electrons. The molecule has 1 aliphatic rings. The topological polar surface area (TPSA) is 64.9 Å². The van der Waals surface area contributed by atoms with Gasteiger partial charge in [-0.15, -0.1) is 0 Å². The van der Waals surface area contributed by atoms with Gasteiger partial charge in [0, 0.05) is 11.6 Å². The number of anilines is 1. The molecule has 0 amide bonds. The van der Waals surface area contributed by atoms with Crippen molar-refractivity contribution in [3.63, 3.8) is 0 Å². The van der Waals surface area contributed by atoms with Gasteiger partial charge in [-0.25, -0.2) is 0 Å². The van der Waals surface area contributed by atoms with E-state index in [0.717, 1.165) is 22.9 Å². The first-order chi connectivity index (χ1) is 10.2. The SMILES string of the molecule is CCC1CCC(c2noc(-c3c(C)cccc3N)n2)CC1. The van der Waals surface area contributed by atoms with Crippen LogP contribution >= 0.6 is 0 Å². The van der Waals surface area contributed by atoms with Crippen molar-refractivity contribution in [3.8, 4) is 11.5 Å². The molecule has 1 aromatic heterocycles. The molecule has 1 saturated carbocycles. The van der Waals surface area contributed by atoms with E-state index in [1.54, 1.807) is 0 Å². The molecule has 0 saturated heterocycles. The minimum absolute atomic E-state index is 0.440. The molecule has 1 fully saturated rings. The highest BCUT2D eigenvalue weighted by Crippen LogP contribution is 2.37. The molecule has 0 aliphatic heterocycles. The van der Waals surface area contributed by atoms with Gasteiger partial charge in [0.05, 0.1) is 5.56 Å². The van der Waals surface area contributed by atoms with Crippen LogP contribution < -0.4 is 5.73 Å². The lowest BCUT2D eigenvalue weighted by molar-refractivity contribution is 0.305. The minimum atomic E-state index is 0.440. The molecule has 4 heteroatoms. The Kier molecular flexibility index (Phi) is 3.95. The van der Waals surface area contributed by atoms with Gasteiger partial charge in [0.2, 0.25) is 0 Å². The average Bonchev–Trinajstić information content (AvgIpc) is 2.97. The van der Waals surface area contributed by atoms with Crippen LogP contribution in [0, 0.1) is 12.8 Å². The van der Waals surface area contributed by atoms with Crippen molar-refractivity contribution in [2.75, 3.05) is 5.73 Å². The van der Waals surface area contributed by atoms with Gasteiger partial charge in [-0.3, -0.25) is 0 Å². The van der Waals surface area contributed by atoms with Crippen molar-refractivity contribution < 1.29 is 4.52 Å². The van der Waals surface area contributed by atoms with Gasteiger partial charge in [0.25, 0.3) is 5.89 Å². The van der Waals surface area contributed by atoms with E-state index >= 15 is 0 Å². The number of aryl methyl sites for hydroxylation is 1. The predicted molar refractivity (Wildman–Crippen MR) is 83.9 cm³/mol. The lowest BCUT2D eigenvalue weighted by atomic mass is 9.80. The molecule has 2 aromatic rings. The number of nitrogens with zero attached hydrogens (tertiary/aromatic N) is 2. The highest BCUT2D eigenvalue weighted by atomic mass is 16.5. The van der Waals surface area contributed by atoms with Crippen LogP contribution in [0.5, 0.6) is 0 Å². The molecule has 1 aliphatic carbocycles. The zero-order valence-electron chi connectivity index (χ0n) is 12.8. The van der Waals surface area contributed by atoms with E-state index in [1.165, 1.54) is 32.1 Å². The molecule has 3 rings (SSSR count). The molecule has 0 spiro atoms. The van der Waals surface area contributed by atoms with Crippen molar-refractivity contribution in [3.05, 3.63) is 29.6 Å². The van der Waals surface area contributed by atoms with Crippen LogP contribution in [0.3, 0.4) is 0 Å². The van der Waals surface area contributed by atoms with Crippen LogP contribution in [0.25, 0.3) is 11.5 Å². The third-order valence-corrected chi connectivity index (χ3v) is 4.75. The van der Waals surface area contributed by atoms with Gasteiger partial charge in [-0.05, 0) is 50.2 Å². The quantitative estimate of drug-likeness (QED) is 0.853. The van der Waals surface area contributed by atoms with Crippen LogP contribution in [0.1, 0.15) is 56.3 Å². The molecule has 0 unspecified atom stereocenters. The molecule has 1 aromatic carbocycles. The second kappa shape index (κ2) is 5.88. The molecule has 0 bridgehead atoms. The molecule has 2 N–H and O–H groups in total. The van der Waals surface area contributed by atoms with E-state index < -0.39 is 0 Å². The van der Waals surface area contributed by atoms with Gasteiger partial charge < -0.3 is 10.3 Å². The first-order valence-electron chi connectivity index (χ1n) is 7.88. The summed E-state index contributed by atoms with van der Waals surface area (Å²) in [5, 5.41) is 4.21. The summed E-state index contributed by atoms with van der Waals surface area (Å²) in [5.74, 6) is 2.72. The Morgan fingerprint density at radius 1 is 1.24 bits per heavy atom. The average molecular weight is 285 g/mol. The van der Waals surface area contributed by atoms with Crippen molar-refractivity contribution in [2.45, 2.75) is 51.9 Å². The Balaban J connectivity index is 1.81. The minimum Gasteiger partial charge on any atom is -0.398 e. The molecule has 21 heavy (non-hydrogen) atoms. The number of aromatic nitrogens is 2. The smallest absolute Gasteiger partial charge is 0.260 e. The number of nitrogen functional groups attached to an aromatic ring is 1. The first-order valence-corrected chi connectivity index (χ1v) is 7.88. The van der Waals surface area contributed by atoms with Gasteiger partial charge >= 0.3 is 0 Å². The third kappa shape index (κ3) is 2.80. The van der Waals surface area contributed by atoms with E-state index in [-0.39, 0.29) is 0 Å². The van der Waals surface area contributed by atoms with Gasteiger partial charge in [-0.1, -0.05) is 30.6 Å². The summed E-state index contributed by atoms with van der Waals surface area (Å²) < 4.78 is 5.48. The fourth-order valence-electron chi connectivity index (χ4n) is 3.31. The molecule has 4 nitrogen and oxygen atoms in total. The summed E-state index contributed by atoms with van der Waals surface area (Å²) in [6.07, 6.45) is 6.17. The van der Waals surface area contributed by atoms with E-state index in [2.05, 4.69) is 17.1 Å². The van der Waals surface area contributed by atoms with Gasteiger partial charge in [0.15, 0.2) is 5.82 Å². The van der Waals surface area contributed by atoms with E-state index in [0.29, 0.717) is 17.5 Å². The normalized spacial score (nSPS) is 22.4. The van der Waals surface area contributed by atoms with Crippen molar-refractivity contribution >= 4 is 5.69 Å². The van der Waals surface area contributed by atoms with Crippen LogP contribution in [0.4, 0.5) is 5.69 Å². The van der Waals surface area contributed by atoms with Gasteiger partial charge in [-0.2, -0.15) is 4.98 Å². The summed E-state index contributed by atoms with van der Waals surface area (Å²) in [7, 11) is 0. The Hall–Kier alpha value is -1.84. The molecule has 1 heterocycles. The summed E-state index contributed by atoms with van der Waals surface area (Å²) in [6, 6.07) is 5.83. The van der Waals surface area contributed by atoms with E-state index in [9.17, 15) is 0 Å². The summed E-state index contributed by atoms with van der Waals surface area (Å²) in [6.45, 7) is 4.29.